The van der Waals surface area contributed by atoms with Gasteiger partial charge in [0.1, 0.15) is 5.82 Å². The number of Topliss-reactive ketones (excluding diaryl/α,β-unsaturated/α-hetero) is 1. The van der Waals surface area contributed by atoms with E-state index in [1.54, 1.807) is 0 Å². The highest BCUT2D eigenvalue weighted by molar-refractivity contribution is 5.86. The summed E-state index contributed by atoms with van der Waals surface area (Å²) in [5, 5.41) is 12.1. The van der Waals surface area contributed by atoms with E-state index in [-0.39, 0.29) is 24.2 Å². The van der Waals surface area contributed by atoms with Crippen molar-refractivity contribution in [2.75, 3.05) is 6.54 Å². The van der Waals surface area contributed by atoms with Gasteiger partial charge in [-0.2, -0.15) is 13.2 Å². The Morgan fingerprint density at radius 3 is 2.60 bits per heavy atom. The molecule has 0 saturated carbocycles. The van der Waals surface area contributed by atoms with Crippen LogP contribution in [0.15, 0.2) is 18.2 Å². The number of β-amino-alcohol motifs (C(OH)–C–C–N with tert-alkyl or cyclic N) is 1. The Balaban J connectivity index is 2.07. The summed E-state index contributed by atoms with van der Waals surface area (Å²) < 4.78 is 50.5. The second kappa shape index (κ2) is 5.49. The van der Waals surface area contributed by atoms with Crippen LogP contribution in [-0.2, 0) is 17.4 Å². The summed E-state index contributed by atoms with van der Waals surface area (Å²) in [6.07, 6.45) is -5.25. The van der Waals surface area contributed by atoms with Crippen LogP contribution in [0.5, 0.6) is 0 Å². The predicted octanol–water partition coefficient (Wildman–Crippen LogP) is 1.68. The molecule has 0 bridgehead atoms. The SMILES string of the molecule is O=C(Cc1ccc(C(F)(F)F)c(F)c1)[C@@H]1C[C@H](O)CN1. The van der Waals surface area contributed by atoms with Crippen LogP contribution in [0.25, 0.3) is 0 Å². The maximum Gasteiger partial charge on any atom is 0.419 e. The van der Waals surface area contributed by atoms with E-state index in [2.05, 4.69) is 5.32 Å². The number of benzene rings is 1. The molecule has 0 aliphatic carbocycles. The molecule has 7 heteroatoms. The fourth-order valence-electron chi connectivity index (χ4n) is 2.19. The zero-order chi connectivity index (χ0) is 14.9. The number of aliphatic hydroxyl groups excluding tert-OH is 1. The molecule has 20 heavy (non-hydrogen) atoms. The molecule has 3 nitrogen and oxygen atoms in total. The molecule has 1 aromatic carbocycles. The summed E-state index contributed by atoms with van der Waals surface area (Å²) in [7, 11) is 0. The smallest absolute Gasteiger partial charge is 0.392 e. The molecule has 110 valence electrons. The average Bonchev–Trinajstić information content (AvgIpc) is 2.74. The van der Waals surface area contributed by atoms with Crippen molar-refractivity contribution in [1.29, 1.82) is 0 Å². The summed E-state index contributed by atoms with van der Waals surface area (Å²) in [5.74, 6) is -1.66. The summed E-state index contributed by atoms with van der Waals surface area (Å²) >= 11 is 0. The molecule has 1 heterocycles. The zero-order valence-electron chi connectivity index (χ0n) is 10.4. The lowest BCUT2D eigenvalue weighted by molar-refractivity contribution is -0.140. The molecule has 2 rings (SSSR count). The fourth-order valence-corrected chi connectivity index (χ4v) is 2.19. The van der Waals surface area contributed by atoms with E-state index in [1.165, 1.54) is 0 Å². The Kier molecular flexibility index (Phi) is 4.10. The maximum absolute atomic E-state index is 13.3. The summed E-state index contributed by atoms with van der Waals surface area (Å²) in [6, 6.07) is 1.92. The van der Waals surface area contributed by atoms with Gasteiger partial charge in [0.15, 0.2) is 5.78 Å². The lowest BCUT2D eigenvalue weighted by atomic mass is 10.0. The molecule has 0 radical (unpaired) electrons. The van der Waals surface area contributed by atoms with Crippen molar-refractivity contribution in [3.63, 3.8) is 0 Å². The molecule has 1 aliphatic heterocycles. The highest BCUT2D eigenvalue weighted by atomic mass is 19.4. The van der Waals surface area contributed by atoms with Crippen LogP contribution in [0.4, 0.5) is 17.6 Å². The van der Waals surface area contributed by atoms with Gasteiger partial charge in [-0.05, 0) is 24.1 Å². The maximum atomic E-state index is 13.3. The van der Waals surface area contributed by atoms with Crippen molar-refractivity contribution in [3.8, 4) is 0 Å². The molecule has 1 saturated heterocycles. The van der Waals surface area contributed by atoms with E-state index < -0.39 is 29.7 Å². The number of halogens is 4. The largest absolute Gasteiger partial charge is 0.419 e. The van der Waals surface area contributed by atoms with Crippen molar-refractivity contribution in [1.82, 2.24) is 5.32 Å². The van der Waals surface area contributed by atoms with Crippen molar-refractivity contribution in [2.45, 2.75) is 31.2 Å². The molecule has 0 amide bonds. The van der Waals surface area contributed by atoms with Gasteiger partial charge in [-0.15, -0.1) is 0 Å². The fraction of sp³-hybridized carbons (Fsp3) is 0.462. The van der Waals surface area contributed by atoms with Crippen LogP contribution in [0.1, 0.15) is 17.5 Å². The van der Waals surface area contributed by atoms with Crippen molar-refractivity contribution in [3.05, 3.63) is 35.1 Å². The highest BCUT2D eigenvalue weighted by Crippen LogP contribution is 2.31. The first-order chi connectivity index (χ1) is 9.27. The first kappa shape index (κ1) is 14.9. The van der Waals surface area contributed by atoms with Crippen molar-refractivity contribution >= 4 is 5.78 Å². The number of hydrogen-bond donors (Lipinski definition) is 2. The lowest BCUT2D eigenvalue weighted by Crippen LogP contribution is -2.31. The average molecular weight is 291 g/mol. The molecule has 1 aromatic rings. The molecule has 0 spiro atoms. The van der Waals surface area contributed by atoms with E-state index in [9.17, 15) is 27.5 Å². The van der Waals surface area contributed by atoms with Crippen molar-refractivity contribution in [2.24, 2.45) is 0 Å². The predicted molar refractivity (Wildman–Crippen MR) is 62.5 cm³/mol. The standard InChI is InChI=1S/C13H13F4NO2/c14-10-3-7(1-2-9(10)13(15,16)17)4-12(20)11-5-8(19)6-18-11/h1-3,8,11,18-19H,4-6H2/t8-,11-/m0/s1. The third-order valence-corrected chi connectivity index (χ3v) is 3.21. The molecule has 0 aromatic heterocycles. The van der Waals surface area contributed by atoms with Gasteiger partial charge in [0, 0.05) is 13.0 Å². The second-order valence-electron chi connectivity index (χ2n) is 4.81. The lowest BCUT2D eigenvalue weighted by Gasteiger charge is -2.11. The molecule has 2 N–H and O–H groups in total. The zero-order valence-corrected chi connectivity index (χ0v) is 10.4. The van der Waals surface area contributed by atoms with Gasteiger partial charge >= 0.3 is 6.18 Å². The molecule has 0 unspecified atom stereocenters. The van der Waals surface area contributed by atoms with Crippen LogP contribution in [0.2, 0.25) is 0 Å². The van der Waals surface area contributed by atoms with Gasteiger partial charge in [0.05, 0.1) is 17.7 Å². The van der Waals surface area contributed by atoms with E-state index >= 15 is 0 Å². The monoisotopic (exact) mass is 291 g/mol. The Bertz CT molecular complexity index is 516. The van der Waals surface area contributed by atoms with Gasteiger partial charge in [-0.25, -0.2) is 4.39 Å². The van der Waals surface area contributed by atoms with Crippen LogP contribution in [0.3, 0.4) is 0 Å². The van der Waals surface area contributed by atoms with E-state index in [1.807, 2.05) is 0 Å². The van der Waals surface area contributed by atoms with Crippen LogP contribution < -0.4 is 5.32 Å². The quantitative estimate of drug-likeness (QED) is 0.833. The molecular weight excluding hydrogens is 278 g/mol. The number of alkyl halides is 3. The van der Waals surface area contributed by atoms with Gasteiger partial charge in [-0.3, -0.25) is 4.79 Å². The van der Waals surface area contributed by atoms with Gasteiger partial charge < -0.3 is 10.4 Å². The van der Waals surface area contributed by atoms with E-state index in [0.29, 0.717) is 12.6 Å². The van der Waals surface area contributed by atoms with E-state index in [0.717, 1.165) is 12.1 Å². The minimum Gasteiger partial charge on any atom is -0.392 e. The first-order valence-electron chi connectivity index (χ1n) is 6.07. The highest BCUT2D eigenvalue weighted by Gasteiger charge is 2.34. The number of rotatable bonds is 3. The first-order valence-corrected chi connectivity index (χ1v) is 6.07. The number of carbonyl (C=O) groups excluding carboxylic acids is 1. The Morgan fingerprint density at radius 1 is 1.40 bits per heavy atom. The number of aliphatic hydroxyl groups is 1. The number of hydrogen-bond acceptors (Lipinski definition) is 3. The minimum absolute atomic E-state index is 0.167. The molecule has 1 fully saturated rings. The molecule has 2 atom stereocenters. The topological polar surface area (TPSA) is 49.3 Å². The Morgan fingerprint density at radius 2 is 2.10 bits per heavy atom. The number of nitrogens with one attached hydrogen (secondary N) is 1. The van der Waals surface area contributed by atoms with Crippen LogP contribution in [-0.4, -0.2) is 29.6 Å². The Labute approximate surface area is 112 Å². The third-order valence-electron chi connectivity index (χ3n) is 3.21. The second-order valence-corrected chi connectivity index (χ2v) is 4.81. The molecular formula is C13H13F4NO2. The minimum atomic E-state index is -4.75. The van der Waals surface area contributed by atoms with Crippen LogP contribution in [0, 0.1) is 5.82 Å². The van der Waals surface area contributed by atoms with Gasteiger partial charge in [-0.1, -0.05) is 6.07 Å². The number of ketones is 1. The summed E-state index contributed by atoms with van der Waals surface area (Å²) in [6.45, 7) is 0.303. The van der Waals surface area contributed by atoms with Crippen LogP contribution >= 0.6 is 0 Å². The van der Waals surface area contributed by atoms with E-state index in [4.69, 9.17) is 0 Å². The van der Waals surface area contributed by atoms with Crippen molar-refractivity contribution < 1.29 is 27.5 Å². The summed E-state index contributed by atoms with van der Waals surface area (Å²) in [4.78, 5) is 11.8. The normalized spacial score (nSPS) is 23.1. The Hall–Kier alpha value is -1.47. The van der Waals surface area contributed by atoms with Gasteiger partial charge in [0.25, 0.3) is 0 Å². The summed E-state index contributed by atoms with van der Waals surface area (Å²) in [5.41, 5.74) is -1.16. The van der Waals surface area contributed by atoms with Gasteiger partial charge in [0.2, 0.25) is 0 Å². The third kappa shape index (κ3) is 3.34. The number of carbonyl (C=O) groups is 1. The molecule has 1 aliphatic rings.